The Morgan fingerprint density at radius 2 is 1.46 bits per heavy atom. The lowest BCUT2D eigenvalue weighted by Gasteiger charge is -2.31. The highest BCUT2D eigenvalue weighted by molar-refractivity contribution is 7.81. The van der Waals surface area contributed by atoms with Crippen LogP contribution in [0.1, 0.15) is 47.0 Å². The van der Waals surface area contributed by atoms with Crippen LogP contribution < -0.4 is 0 Å². The zero-order valence-corrected chi connectivity index (χ0v) is 19.5. The van der Waals surface area contributed by atoms with Crippen molar-refractivity contribution in [2.45, 2.75) is 52.4 Å². The van der Waals surface area contributed by atoms with E-state index in [1.54, 1.807) is 39.8 Å². The van der Waals surface area contributed by atoms with Crippen LogP contribution in [0, 0.1) is 0 Å². The fourth-order valence-corrected chi connectivity index (χ4v) is 8.44. The number of ketones is 1. The first-order valence-corrected chi connectivity index (χ1v) is 13.1. The molecular formula is C18H30O7P2S. The van der Waals surface area contributed by atoms with Crippen LogP contribution in [0.3, 0.4) is 0 Å². The second kappa shape index (κ2) is 12.3. The minimum Gasteiger partial charge on any atom is -0.308 e. The first kappa shape index (κ1) is 25.6. The van der Waals surface area contributed by atoms with Gasteiger partial charge in [-0.25, -0.2) is 0 Å². The molecule has 0 aromatic heterocycles. The van der Waals surface area contributed by atoms with Gasteiger partial charge in [-0.1, -0.05) is 30.4 Å². The molecule has 0 saturated carbocycles. The number of rotatable bonds is 14. The van der Waals surface area contributed by atoms with Gasteiger partial charge in [-0.2, -0.15) is 0 Å². The van der Waals surface area contributed by atoms with Crippen LogP contribution in [0.15, 0.2) is 23.8 Å². The van der Waals surface area contributed by atoms with Crippen molar-refractivity contribution in [2.75, 3.05) is 26.4 Å². The van der Waals surface area contributed by atoms with Gasteiger partial charge in [0.1, 0.15) is 0 Å². The Labute approximate surface area is 172 Å². The number of carbonyl (C=O) groups excluding carboxylic acids is 1. The lowest BCUT2D eigenvalue weighted by Crippen LogP contribution is -2.20. The third-order valence-electron chi connectivity index (χ3n) is 3.90. The summed E-state index contributed by atoms with van der Waals surface area (Å²) in [6.07, 6.45) is 5.78. The van der Waals surface area contributed by atoms with E-state index in [9.17, 15) is 13.9 Å². The van der Waals surface area contributed by atoms with Crippen LogP contribution in [0.4, 0.5) is 0 Å². The number of hydrogen-bond donors (Lipinski definition) is 0. The predicted molar refractivity (Wildman–Crippen MR) is 114 cm³/mol. The van der Waals surface area contributed by atoms with Gasteiger partial charge in [0.05, 0.1) is 26.4 Å². The molecule has 0 N–H and O–H groups in total. The molecule has 0 aliphatic heterocycles. The molecule has 0 radical (unpaired) electrons. The summed E-state index contributed by atoms with van der Waals surface area (Å²) in [6, 6.07) is 0. The summed E-state index contributed by atoms with van der Waals surface area (Å²) in [4.78, 5) is 13.2. The van der Waals surface area contributed by atoms with Crippen molar-refractivity contribution in [3.05, 3.63) is 23.8 Å². The minimum absolute atomic E-state index is 0.0290. The molecule has 7 nitrogen and oxygen atoms in total. The van der Waals surface area contributed by atoms with Crippen molar-refractivity contribution in [3.63, 3.8) is 0 Å². The highest BCUT2D eigenvalue weighted by Crippen LogP contribution is 2.71. The molecule has 1 aliphatic rings. The summed E-state index contributed by atoms with van der Waals surface area (Å²) < 4.78 is 48.5. The molecule has 0 aromatic carbocycles. The molecule has 28 heavy (non-hydrogen) atoms. The Morgan fingerprint density at radius 3 is 1.86 bits per heavy atom. The number of carbonyl (C=O) groups is 1. The number of hydrogen-bond acceptors (Lipinski definition) is 8. The fraction of sp³-hybridized carbons (Fsp3) is 0.667. The highest BCUT2D eigenvalue weighted by atomic mass is 32.1. The third-order valence-corrected chi connectivity index (χ3v) is 10.4. The average Bonchev–Trinajstić information content (AvgIpc) is 2.62. The van der Waals surface area contributed by atoms with E-state index in [1.165, 1.54) is 0 Å². The first-order valence-electron chi connectivity index (χ1n) is 9.48. The smallest absolute Gasteiger partial charge is 0.308 e. The van der Waals surface area contributed by atoms with Crippen molar-refractivity contribution in [3.8, 4) is 0 Å². The van der Waals surface area contributed by atoms with Gasteiger partial charge in [0.15, 0.2) is 11.2 Å². The van der Waals surface area contributed by atoms with E-state index >= 15 is 0 Å². The summed E-state index contributed by atoms with van der Waals surface area (Å²) in [5.41, 5.74) is 0.446. The Morgan fingerprint density at radius 1 is 1.00 bits per heavy atom. The van der Waals surface area contributed by atoms with Crippen LogP contribution in [0.25, 0.3) is 0 Å². The Kier molecular flexibility index (Phi) is 11.2. The largest absolute Gasteiger partial charge is 0.345 e. The topological polar surface area (TPSA) is 88.1 Å². The number of thiocarbonyl (C=S) groups is 1. The van der Waals surface area contributed by atoms with Crippen molar-refractivity contribution in [1.82, 2.24) is 0 Å². The lowest BCUT2D eigenvalue weighted by molar-refractivity contribution is -0.115. The fourth-order valence-electron chi connectivity index (χ4n) is 2.81. The second-order valence-electron chi connectivity index (χ2n) is 5.83. The molecule has 0 aromatic rings. The first-order chi connectivity index (χ1) is 13.3. The molecule has 0 fully saturated rings. The van der Waals surface area contributed by atoms with Gasteiger partial charge in [-0.15, -0.1) is 0 Å². The maximum Gasteiger partial charge on any atom is 0.345 e. The van der Waals surface area contributed by atoms with E-state index < -0.39 is 20.6 Å². The Balaban J connectivity index is 3.19. The molecule has 0 bridgehead atoms. The number of allylic oxidation sites excluding steroid dienone is 4. The van der Waals surface area contributed by atoms with E-state index in [-0.39, 0.29) is 45.1 Å². The maximum atomic E-state index is 13.4. The molecule has 0 saturated heterocycles. The monoisotopic (exact) mass is 452 g/mol. The summed E-state index contributed by atoms with van der Waals surface area (Å²) in [5.74, 6) is -0.210. The van der Waals surface area contributed by atoms with Crippen LogP contribution in [0.5, 0.6) is 0 Å². The zero-order valence-electron chi connectivity index (χ0n) is 16.9. The molecule has 160 valence electrons. The van der Waals surface area contributed by atoms with Gasteiger partial charge >= 0.3 is 15.2 Å². The van der Waals surface area contributed by atoms with Gasteiger partial charge in [0.25, 0.3) is 0 Å². The van der Waals surface area contributed by atoms with Crippen molar-refractivity contribution < 1.29 is 32.0 Å². The zero-order chi connectivity index (χ0) is 21.2. The van der Waals surface area contributed by atoms with Crippen LogP contribution >= 0.6 is 27.4 Å². The molecule has 0 spiro atoms. The molecule has 1 aliphatic carbocycles. The molecule has 0 unspecified atom stereocenters. The van der Waals surface area contributed by atoms with Crippen molar-refractivity contribution >= 4 is 38.1 Å². The Bertz CT molecular complexity index is 652. The van der Waals surface area contributed by atoms with E-state index in [2.05, 4.69) is 0 Å². The molecule has 0 atom stereocenters. The van der Waals surface area contributed by atoms with E-state index in [0.717, 1.165) is 0 Å². The summed E-state index contributed by atoms with van der Waals surface area (Å²) in [6.45, 7) is 7.05. The maximum absolute atomic E-state index is 13.4. The molecule has 10 heteroatoms. The van der Waals surface area contributed by atoms with Crippen LogP contribution in [0.2, 0.25) is 0 Å². The molecule has 0 amide bonds. The van der Waals surface area contributed by atoms with Crippen molar-refractivity contribution in [1.29, 1.82) is 0 Å². The quantitative estimate of drug-likeness (QED) is 0.254. The van der Waals surface area contributed by atoms with Gasteiger partial charge in [0, 0.05) is 23.3 Å². The molecule has 0 heterocycles. The summed E-state index contributed by atoms with van der Waals surface area (Å²) >= 11 is 5.25. The van der Waals surface area contributed by atoms with Gasteiger partial charge in [0.2, 0.25) is 0 Å². The third kappa shape index (κ3) is 6.81. The van der Waals surface area contributed by atoms with Gasteiger partial charge in [-0.05, 0) is 34.1 Å². The SMILES string of the molecule is CCOP(=O)(OCC)C(CCC(=O)C1=CC=CCC1=S)P(=O)(OCC)OCC. The van der Waals surface area contributed by atoms with E-state index in [4.69, 9.17) is 30.3 Å². The molecule has 1 rings (SSSR count). The minimum atomic E-state index is -3.85. The lowest BCUT2D eigenvalue weighted by atomic mass is 9.98. The Hall–Kier alpha value is -0.460. The molecular weight excluding hydrogens is 422 g/mol. The second-order valence-corrected chi connectivity index (χ2v) is 11.2. The van der Waals surface area contributed by atoms with E-state index in [1.807, 2.05) is 6.08 Å². The van der Waals surface area contributed by atoms with Gasteiger partial charge < -0.3 is 18.1 Å². The summed E-state index contributed by atoms with van der Waals surface area (Å²) in [5, 5.41) is -1.20. The van der Waals surface area contributed by atoms with Crippen LogP contribution in [-0.4, -0.2) is 42.5 Å². The van der Waals surface area contributed by atoms with E-state index in [0.29, 0.717) is 16.9 Å². The van der Waals surface area contributed by atoms with Crippen LogP contribution in [-0.2, 0) is 32.0 Å². The predicted octanol–water partition coefficient (Wildman–Crippen LogP) is 5.45. The average molecular weight is 452 g/mol. The standard InChI is InChI=1S/C18H30O7P2S/c1-5-22-26(20,23-6-2)18(27(21,24-7-3)25-8-4)14-13-16(19)15-11-9-10-12-17(15)28/h9-11,18H,5-8,12-14H2,1-4H3. The van der Waals surface area contributed by atoms with Crippen molar-refractivity contribution in [2.24, 2.45) is 0 Å². The number of Topliss-reactive ketones (excluding diaryl/α,β-unsaturated/α-hetero) is 1. The van der Waals surface area contributed by atoms with Gasteiger partial charge in [-0.3, -0.25) is 13.9 Å². The summed E-state index contributed by atoms with van der Waals surface area (Å²) in [7, 11) is -7.71. The highest BCUT2D eigenvalue weighted by Gasteiger charge is 2.50. The normalized spacial score (nSPS) is 15.2.